The minimum absolute atomic E-state index is 0.0637. The number of hydrogen-bond acceptors (Lipinski definition) is 3. The fourth-order valence-corrected chi connectivity index (χ4v) is 1.62. The zero-order chi connectivity index (χ0) is 13.9. The Hall–Kier alpha value is -1.88. The quantitative estimate of drug-likeness (QED) is 0.576. The van der Waals surface area contributed by atoms with Crippen molar-refractivity contribution in [2.24, 2.45) is 0 Å². The molecule has 1 aromatic rings. The van der Waals surface area contributed by atoms with Crippen molar-refractivity contribution in [2.75, 3.05) is 19.6 Å². The van der Waals surface area contributed by atoms with E-state index in [9.17, 15) is 9.59 Å². The Morgan fingerprint density at radius 1 is 1.11 bits per heavy atom. The molecule has 1 amide bonds. The summed E-state index contributed by atoms with van der Waals surface area (Å²) >= 11 is 0. The van der Waals surface area contributed by atoms with Crippen LogP contribution in [0.5, 0.6) is 0 Å². The molecule has 0 spiro atoms. The van der Waals surface area contributed by atoms with Crippen molar-refractivity contribution < 1.29 is 14.7 Å². The van der Waals surface area contributed by atoms with E-state index >= 15 is 0 Å². The molecule has 5 heteroatoms. The highest BCUT2D eigenvalue weighted by atomic mass is 16.4. The van der Waals surface area contributed by atoms with E-state index in [0.29, 0.717) is 19.5 Å². The van der Waals surface area contributed by atoms with Crippen molar-refractivity contribution in [3.63, 3.8) is 0 Å². The van der Waals surface area contributed by atoms with Crippen LogP contribution in [0.1, 0.15) is 18.4 Å². The van der Waals surface area contributed by atoms with Crippen molar-refractivity contribution >= 4 is 11.9 Å². The average molecular weight is 264 g/mol. The highest BCUT2D eigenvalue weighted by Crippen LogP contribution is 1.97. The lowest BCUT2D eigenvalue weighted by Crippen LogP contribution is -2.35. The molecule has 0 aliphatic rings. The first-order chi connectivity index (χ1) is 9.18. The number of hydrogen-bond donors (Lipinski definition) is 3. The van der Waals surface area contributed by atoms with E-state index in [4.69, 9.17) is 5.11 Å². The van der Waals surface area contributed by atoms with Gasteiger partial charge in [-0.25, -0.2) is 0 Å². The Bertz CT molecular complexity index is 393. The first-order valence-electron chi connectivity index (χ1n) is 6.41. The molecule has 0 fully saturated rings. The number of benzene rings is 1. The lowest BCUT2D eigenvalue weighted by molar-refractivity contribution is -0.137. The van der Waals surface area contributed by atoms with E-state index in [-0.39, 0.29) is 18.9 Å². The molecule has 5 nitrogen and oxygen atoms in total. The van der Waals surface area contributed by atoms with Crippen molar-refractivity contribution in [3.05, 3.63) is 35.9 Å². The first-order valence-corrected chi connectivity index (χ1v) is 6.41. The molecule has 19 heavy (non-hydrogen) atoms. The first kappa shape index (κ1) is 15.2. The molecule has 1 rings (SSSR count). The van der Waals surface area contributed by atoms with Crippen LogP contribution in [0.3, 0.4) is 0 Å². The summed E-state index contributed by atoms with van der Waals surface area (Å²) in [4.78, 5) is 21.7. The molecular formula is C14H20N2O3. The smallest absolute Gasteiger partial charge is 0.303 e. The van der Waals surface area contributed by atoms with Gasteiger partial charge in [0.2, 0.25) is 5.91 Å². The normalized spacial score (nSPS) is 10.1. The topological polar surface area (TPSA) is 78.4 Å². The molecule has 0 heterocycles. The van der Waals surface area contributed by atoms with E-state index < -0.39 is 5.97 Å². The van der Waals surface area contributed by atoms with Gasteiger partial charge in [-0.05, 0) is 24.9 Å². The lowest BCUT2D eigenvalue weighted by Gasteiger charge is -2.06. The third-order valence-electron chi connectivity index (χ3n) is 2.61. The van der Waals surface area contributed by atoms with Gasteiger partial charge in [0, 0.05) is 13.0 Å². The van der Waals surface area contributed by atoms with Crippen LogP contribution in [-0.2, 0) is 16.0 Å². The van der Waals surface area contributed by atoms with E-state index in [1.165, 1.54) is 5.56 Å². The number of carbonyl (C=O) groups is 2. The minimum atomic E-state index is -0.811. The van der Waals surface area contributed by atoms with Gasteiger partial charge in [0.1, 0.15) is 0 Å². The Balaban J connectivity index is 2.01. The van der Waals surface area contributed by atoms with E-state index in [1.54, 1.807) is 0 Å². The maximum absolute atomic E-state index is 11.4. The maximum atomic E-state index is 11.4. The van der Waals surface area contributed by atoms with Crippen molar-refractivity contribution in [1.29, 1.82) is 0 Å². The number of aliphatic carboxylic acids is 1. The number of rotatable bonds is 9. The second-order valence-electron chi connectivity index (χ2n) is 4.26. The Kier molecular flexibility index (Phi) is 7.27. The van der Waals surface area contributed by atoms with Crippen LogP contribution in [0.15, 0.2) is 30.3 Å². The van der Waals surface area contributed by atoms with Crippen LogP contribution in [0, 0.1) is 0 Å². The zero-order valence-corrected chi connectivity index (χ0v) is 10.9. The molecular weight excluding hydrogens is 244 g/mol. The molecule has 0 aliphatic carbocycles. The highest BCUT2D eigenvalue weighted by Gasteiger charge is 2.01. The van der Waals surface area contributed by atoms with Crippen LogP contribution in [0.25, 0.3) is 0 Å². The Morgan fingerprint density at radius 2 is 1.84 bits per heavy atom. The molecule has 0 atom stereocenters. The molecule has 0 radical (unpaired) electrons. The summed E-state index contributed by atoms with van der Waals surface area (Å²) in [5.74, 6) is -0.875. The van der Waals surface area contributed by atoms with Crippen LogP contribution in [0.2, 0.25) is 0 Å². The fraction of sp³-hybridized carbons (Fsp3) is 0.429. The standard InChI is InChI=1S/C14H20N2O3/c17-13(11-15-9-4-7-14(18)19)16-10-8-12-5-2-1-3-6-12/h1-3,5-6,15H,4,7-11H2,(H,16,17)(H,18,19). The maximum Gasteiger partial charge on any atom is 0.303 e. The van der Waals surface area contributed by atoms with Crippen molar-refractivity contribution in [2.45, 2.75) is 19.3 Å². The monoisotopic (exact) mass is 264 g/mol. The van der Waals surface area contributed by atoms with Crippen molar-refractivity contribution in [3.8, 4) is 0 Å². The summed E-state index contributed by atoms with van der Waals surface area (Å²) < 4.78 is 0. The SMILES string of the molecule is O=C(O)CCCNCC(=O)NCCc1ccccc1. The molecule has 104 valence electrons. The minimum Gasteiger partial charge on any atom is -0.481 e. The number of amides is 1. The summed E-state index contributed by atoms with van der Waals surface area (Å²) in [5.41, 5.74) is 1.19. The Labute approximate surface area is 113 Å². The van der Waals surface area contributed by atoms with Gasteiger partial charge in [-0.1, -0.05) is 30.3 Å². The van der Waals surface area contributed by atoms with Gasteiger partial charge in [0.05, 0.1) is 6.54 Å². The zero-order valence-electron chi connectivity index (χ0n) is 10.9. The van der Waals surface area contributed by atoms with Gasteiger partial charge in [-0.3, -0.25) is 9.59 Å². The second kappa shape index (κ2) is 9.10. The molecule has 0 aromatic heterocycles. The number of carboxylic acid groups (broad SMARTS) is 1. The van der Waals surface area contributed by atoms with E-state index in [2.05, 4.69) is 10.6 Å². The largest absolute Gasteiger partial charge is 0.481 e. The van der Waals surface area contributed by atoms with Crippen LogP contribution >= 0.6 is 0 Å². The average Bonchev–Trinajstić information content (AvgIpc) is 2.39. The number of carbonyl (C=O) groups excluding carboxylic acids is 1. The molecule has 0 bridgehead atoms. The van der Waals surface area contributed by atoms with Gasteiger partial charge in [0.25, 0.3) is 0 Å². The predicted octanol–water partition coefficient (Wildman–Crippen LogP) is 0.800. The molecule has 0 saturated carbocycles. The summed E-state index contributed by atoms with van der Waals surface area (Å²) in [7, 11) is 0. The Morgan fingerprint density at radius 3 is 2.53 bits per heavy atom. The molecule has 0 aliphatic heterocycles. The van der Waals surface area contributed by atoms with Gasteiger partial charge < -0.3 is 15.7 Å². The van der Waals surface area contributed by atoms with Gasteiger partial charge in [-0.2, -0.15) is 0 Å². The van der Waals surface area contributed by atoms with E-state index in [0.717, 1.165) is 6.42 Å². The fourth-order valence-electron chi connectivity index (χ4n) is 1.62. The predicted molar refractivity (Wildman–Crippen MR) is 72.9 cm³/mol. The van der Waals surface area contributed by atoms with Gasteiger partial charge >= 0.3 is 5.97 Å². The number of nitrogens with one attached hydrogen (secondary N) is 2. The van der Waals surface area contributed by atoms with Crippen LogP contribution < -0.4 is 10.6 Å². The third kappa shape index (κ3) is 7.94. The summed E-state index contributed by atoms with van der Waals surface area (Å²) in [6.45, 7) is 1.38. The second-order valence-corrected chi connectivity index (χ2v) is 4.26. The molecule has 3 N–H and O–H groups in total. The lowest BCUT2D eigenvalue weighted by atomic mass is 10.1. The van der Waals surface area contributed by atoms with Gasteiger partial charge in [-0.15, -0.1) is 0 Å². The highest BCUT2D eigenvalue weighted by molar-refractivity contribution is 5.77. The molecule has 0 saturated heterocycles. The van der Waals surface area contributed by atoms with Crippen LogP contribution in [0.4, 0.5) is 0 Å². The van der Waals surface area contributed by atoms with Gasteiger partial charge in [0.15, 0.2) is 0 Å². The molecule has 0 unspecified atom stereocenters. The molecule has 1 aromatic carbocycles. The summed E-state index contributed by atoms with van der Waals surface area (Å²) in [6.07, 6.45) is 1.47. The van der Waals surface area contributed by atoms with Crippen molar-refractivity contribution in [1.82, 2.24) is 10.6 Å². The summed E-state index contributed by atoms with van der Waals surface area (Å²) in [5, 5.41) is 14.2. The van der Waals surface area contributed by atoms with E-state index in [1.807, 2.05) is 30.3 Å². The number of carboxylic acids is 1. The van der Waals surface area contributed by atoms with Crippen LogP contribution in [-0.4, -0.2) is 36.6 Å². The third-order valence-corrected chi connectivity index (χ3v) is 2.61. The summed E-state index contributed by atoms with van der Waals surface area (Å²) in [6, 6.07) is 9.96.